The highest BCUT2D eigenvalue weighted by molar-refractivity contribution is 5.14. The Hall–Kier alpha value is -1.92. The zero-order chi connectivity index (χ0) is 13.8. The predicted octanol–water partition coefficient (Wildman–Crippen LogP) is 0.964. The molecule has 6 heteroatoms. The Morgan fingerprint density at radius 1 is 0.895 bits per heavy atom. The molecule has 2 aromatic rings. The van der Waals surface area contributed by atoms with E-state index in [9.17, 15) is 10.2 Å². The van der Waals surface area contributed by atoms with Crippen molar-refractivity contribution in [1.82, 2.24) is 19.9 Å². The summed E-state index contributed by atoms with van der Waals surface area (Å²) in [5.74, 6) is 0.782. The highest BCUT2D eigenvalue weighted by Gasteiger charge is 2.08. The van der Waals surface area contributed by atoms with E-state index < -0.39 is 12.2 Å². The van der Waals surface area contributed by atoms with Crippen LogP contribution in [0.1, 0.15) is 49.1 Å². The third kappa shape index (κ3) is 3.52. The van der Waals surface area contributed by atoms with Crippen LogP contribution < -0.4 is 0 Å². The molecule has 0 spiro atoms. The Bertz CT molecular complexity index is 508. The molecule has 2 atom stereocenters. The van der Waals surface area contributed by atoms with Crippen LogP contribution in [0, 0.1) is 0 Å². The maximum absolute atomic E-state index is 9.45. The topological polar surface area (TPSA) is 92.0 Å². The maximum atomic E-state index is 9.45. The van der Waals surface area contributed by atoms with Gasteiger partial charge in [-0.15, -0.1) is 0 Å². The molecule has 2 heterocycles. The minimum atomic E-state index is -0.696. The van der Waals surface area contributed by atoms with Crippen molar-refractivity contribution in [2.75, 3.05) is 0 Å². The first-order valence-corrected chi connectivity index (χ1v) is 6.06. The van der Waals surface area contributed by atoms with Crippen LogP contribution in [0.2, 0.25) is 0 Å². The second-order valence-electron chi connectivity index (χ2n) is 4.34. The van der Waals surface area contributed by atoms with Gasteiger partial charge in [0.15, 0.2) is 11.6 Å². The Balaban J connectivity index is 2.21. The summed E-state index contributed by atoms with van der Waals surface area (Å²) in [6.45, 7) is 3.24. The summed E-state index contributed by atoms with van der Waals surface area (Å²) in [5.41, 5.74) is 1.53. The molecule has 2 rings (SSSR count). The third-order valence-corrected chi connectivity index (χ3v) is 2.57. The monoisotopic (exact) mass is 260 g/mol. The van der Waals surface area contributed by atoms with Crippen LogP contribution in [0.5, 0.6) is 0 Å². The van der Waals surface area contributed by atoms with E-state index in [-0.39, 0.29) is 0 Å². The first-order chi connectivity index (χ1) is 9.06. The van der Waals surface area contributed by atoms with Crippen LogP contribution in [0.3, 0.4) is 0 Å². The number of hydrogen-bond acceptors (Lipinski definition) is 6. The number of hydrogen-bond donors (Lipinski definition) is 2. The summed E-state index contributed by atoms with van der Waals surface area (Å²) in [6, 6.07) is 3.55. The Morgan fingerprint density at radius 3 is 1.68 bits per heavy atom. The molecule has 0 saturated heterocycles. The van der Waals surface area contributed by atoms with Gasteiger partial charge in [0, 0.05) is 18.8 Å². The van der Waals surface area contributed by atoms with Gasteiger partial charge in [0.05, 0.1) is 11.4 Å². The molecule has 0 radical (unpaired) electrons. The fourth-order valence-corrected chi connectivity index (χ4v) is 1.61. The van der Waals surface area contributed by atoms with Crippen LogP contribution in [0.15, 0.2) is 24.5 Å². The van der Waals surface area contributed by atoms with Gasteiger partial charge in [-0.1, -0.05) is 0 Å². The van der Waals surface area contributed by atoms with Gasteiger partial charge < -0.3 is 10.2 Å². The van der Waals surface area contributed by atoms with Crippen molar-refractivity contribution in [3.63, 3.8) is 0 Å². The van der Waals surface area contributed by atoms with Crippen molar-refractivity contribution in [3.8, 4) is 0 Å². The summed E-state index contributed by atoms with van der Waals surface area (Å²) in [5, 5.41) is 18.9. The molecule has 0 amide bonds. The summed E-state index contributed by atoms with van der Waals surface area (Å²) >= 11 is 0. The molecule has 0 unspecified atom stereocenters. The van der Waals surface area contributed by atoms with Crippen LogP contribution in [0.4, 0.5) is 0 Å². The number of aliphatic hydroxyl groups excluding tert-OH is 2. The minimum Gasteiger partial charge on any atom is -0.385 e. The minimum absolute atomic E-state index is 0.391. The van der Waals surface area contributed by atoms with Gasteiger partial charge in [-0.3, -0.25) is 0 Å². The number of rotatable bonds is 4. The van der Waals surface area contributed by atoms with Crippen LogP contribution in [-0.4, -0.2) is 30.1 Å². The van der Waals surface area contributed by atoms with Crippen LogP contribution in [0.25, 0.3) is 0 Å². The van der Waals surface area contributed by atoms with Crippen molar-refractivity contribution >= 4 is 0 Å². The molecule has 0 aliphatic heterocycles. The molecule has 0 aliphatic rings. The number of aliphatic hydroxyl groups is 2. The van der Waals surface area contributed by atoms with E-state index in [1.54, 1.807) is 38.4 Å². The molecule has 0 bridgehead atoms. The number of nitrogens with zero attached hydrogens (tertiary/aromatic N) is 4. The lowest BCUT2D eigenvalue weighted by atomic mass is 10.2. The molecular formula is C13H16N4O2. The molecule has 2 aromatic heterocycles. The standard InChI is InChI=1S/C13H16N4O2/c1-8(18)12-14-5-3-10(16-12)7-11-4-6-15-13(17-11)9(2)19/h3-6,8-9,18-19H,7H2,1-2H3/t8-,9-/m1/s1. The van der Waals surface area contributed by atoms with Gasteiger partial charge in [-0.05, 0) is 26.0 Å². The highest BCUT2D eigenvalue weighted by atomic mass is 16.3. The average Bonchev–Trinajstić information content (AvgIpc) is 2.39. The summed E-state index contributed by atoms with van der Waals surface area (Å²) in [6.07, 6.45) is 2.34. The molecule has 0 saturated carbocycles. The van der Waals surface area contributed by atoms with Gasteiger partial charge in [-0.2, -0.15) is 0 Å². The summed E-state index contributed by atoms with van der Waals surface area (Å²) in [7, 11) is 0. The molecule has 19 heavy (non-hydrogen) atoms. The highest BCUT2D eigenvalue weighted by Crippen LogP contribution is 2.11. The first kappa shape index (κ1) is 13.5. The van der Waals surface area contributed by atoms with Gasteiger partial charge in [0.25, 0.3) is 0 Å². The van der Waals surface area contributed by atoms with Gasteiger partial charge in [0.1, 0.15) is 12.2 Å². The fourth-order valence-electron chi connectivity index (χ4n) is 1.61. The lowest BCUT2D eigenvalue weighted by Gasteiger charge is -2.07. The maximum Gasteiger partial charge on any atom is 0.156 e. The summed E-state index contributed by atoms with van der Waals surface area (Å²) < 4.78 is 0. The van der Waals surface area contributed by atoms with Crippen LogP contribution in [-0.2, 0) is 6.42 Å². The van der Waals surface area contributed by atoms with E-state index in [0.717, 1.165) is 11.4 Å². The summed E-state index contributed by atoms with van der Waals surface area (Å²) in [4.78, 5) is 16.5. The lowest BCUT2D eigenvalue weighted by molar-refractivity contribution is 0.188. The van der Waals surface area contributed by atoms with Gasteiger partial charge in [0.2, 0.25) is 0 Å². The van der Waals surface area contributed by atoms with Crippen LogP contribution >= 0.6 is 0 Å². The van der Waals surface area contributed by atoms with E-state index in [2.05, 4.69) is 19.9 Å². The molecule has 0 aromatic carbocycles. The molecule has 2 N–H and O–H groups in total. The predicted molar refractivity (Wildman–Crippen MR) is 68.1 cm³/mol. The van der Waals surface area contributed by atoms with Crippen molar-refractivity contribution in [2.24, 2.45) is 0 Å². The fraction of sp³-hybridized carbons (Fsp3) is 0.385. The Morgan fingerprint density at radius 2 is 1.32 bits per heavy atom. The number of aromatic nitrogens is 4. The Labute approximate surface area is 111 Å². The molecular weight excluding hydrogens is 244 g/mol. The third-order valence-electron chi connectivity index (χ3n) is 2.57. The van der Waals surface area contributed by atoms with E-state index >= 15 is 0 Å². The van der Waals surface area contributed by atoms with Crippen molar-refractivity contribution in [2.45, 2.75) is 32.5 Å². The normalized spacial score (nSPS) is 14.1. The van der Waals surface area contributed by atoms with Crippen molar-refractivity contribution in [3.05, 3.63) is 47.6 Å². The second kappa shape index (κ2) is 5.81. The van der Waals surface area contributed by atoms with Crippen molar-refractivity contribution in [1.29, 1.82) is 0 Å². The Kier molecular flexibility index (Phi) is 4.13. The van der Waals surface area contributed by atoms with E-state index in [1.165, 1.54) is 0 Å². The van der Waals surface area contributed by atoms with Gasteiger partial charge in [-0.25, -0.2) is 19.9 Å². The van der Waals surface area contributed by atoms with Crippen molar-refractivity contribution < 1.29 is 10.2 Å². The second-order valence-corrected chi connectivity index (χ2v) is 4.34. The zero-order valence-corrected chi connectivity index (χ0v) is 10.9. The smallest absolute Gasteiger partial charge is 0.156 e. The molecule has 100 valence electrons. The van der Waals surface area contributed by atoms with E-state index in [1.807, 2.05) is 0 Å². The van der Waals surface area contributed by atoms with E-state index in [0.29, 0.717) is 18.1 Å². The zero-order valence-electron chi connectivity index (χ0n) is 10.9. The quantitative estimate of drug-likeness (QED) is 0.850. The molecule has 0 aliphatic carbocycles. The molecule has 0 fully saturated rings. The SMILES string of the molecule is C[C@@H](O)c1nccc(Cc2ccnc([C@@H](C)O)n2)n1. The van der Waals surface area contributed by atoms with E-state index in [4.69, 9.17) is 0 Å². The lowest BCUT2D eigenvalue weighted by Crippen LogP contribution is -2.06. The average molecular weight is 260 g/mol. The first-order valence-electron chi connectivity index (χ1n) is 6.06. The largest absolute Gasteiger partial charge is 0.385 e. The molecule has 6 nitrogen and oxygen atoms in total. The van der Waals surface area contributed by atoms with Gasteiger partial charge >= 0.3 is 0 Å².